The molecule has 4 nitrogen and oxygen atoms in total. The van der Waals surface area contributed by atoms with Crippen molar-refractivity contribution < 1.29 is 4.74 Å². The first-order valence-corrected chi connectivity index (χ1v) is 7.28. The predicted molar refractivity (Wildman–Crippen MR) is 85.2 cm³/mol. The van der Waals surface area contributed by atoms with Crippen LogP contribution in [0.5, 0.6) is 5.75 Å². The Balaban J connectivity index is 2.55. The zero-order chi connectivity index (χ0) is 14.9. The first-order chi connectivity index (χ1) is 9.43. The average molecular weight is 357 g/mol. The number of halogens is 2. The van der Waals surface area contributed by atoms with Crippen LogP contribution in [0.2, 0.25) is 5.02 Å². The van der Waals surface area contributed by atoms with Gasteiger partial charge in [0.05, 0.1) is 22.3 Å². The maximum Gasteiger partial charge on any atom is 0.161 e. The second-order valence-corrected chi connectivity index (χ2v) is 5.84. The molecule has 0 radical (unpaired) electrons. The first-order valence-electron chi connectivity index (χ1n) is 6.10. The van der Waals surface area contributed by atoms with Crippen LogP contribution < -0.4 is 10.5 Å². The lowest BCUT2D eigenvalue weighted by Crippen LogP contribution is -2.04. The second-order valence-electron chi connectivity index (χ2n) is 4.64. The molecule has 0 aliphatic heterocycles. The van der Waals surface area contributed by atoms with Crippen molar-refractivity contribution in [1.29, 1.82) is 0 Å². The van der Waals surface area contributed by atoms with Crippen LogP contribution in [0.4, 0.5) is 5.82 Å². The van der Waals surface area contributed by atoms with Crippen LogP contribution in [0.3, 0.4) is 0 Å². The van der Waals surface area contributed by atoms with E-state index in [-0.39, 0.29) is 5.92 Å². The lowest BCUT2D eigenvalue weighted by Gasteiger charge is -2.12. The fourth-order valence-electron chi connectivity index (χ4n) is 1.80. The zero-order valence-corrected chi connectivity index (χ0v) is 13.8. The Morgan fingerprint density at radius 2 is 2.00 bits per heavy atom. The van der Waals surface area contributed by atoms with E-state index in [1.807, 2.05) is 6.07 Å². The van der Waals surface area contributed by atoms with Crippen molar-refractivity contribution in [3.63, 3.8) is 0 Å². The molecule has 0 atom stereocenters. The number of ether oxygens (including phenoxy) is 1. The van der Waals surface area contributed by atoms with Crippen LogP contribution >= 0.6 is 27.5 Å². The van der Waals surface area contributed by atoms with Crippen molar-refractivity contribution in [2.75, 3.05) is 12.8 Å². The van der Waals surface area contributed by atoms with E-state index in [2.05, 4.69) is 39.7 Å². The molecule has 1 aromatic carbocycles. The van der Waals surface area contributed by atoms with Crippen LogP contribution in [-0.2, 0) is 0 Å². The maximum absolute atomic E-state index is 6.13. The van der Waals surface area contributed by atoms with Crippen molar-refractivity contribution in [3.05, 3.63) is 33.4 Å². The van der Waals surface area contributed by atoms with E-state index < -0.39 is 0 Å². The van der Waals surface area contributed by atoms with Gasteiger partial charge in [0, 0.05) is 5.56 Å². The van der Waals surface area contributed by atoms with Gasteiger partial charge < -0.3 is 10.5 Å². The first kappa shape index (κ1) is 15.1. The molecule has 0 aliphatic rings. The van der Waals surface area contributed by atoms with Gasteiger partial charge >= 0.3 is 0 Å². The molecule has 0 unspecified atom stereocenters. The Hall–Kier alpha value is -1.33. The number of anilines is 1. The van der Waals surface area contributed by atoms with Crippen molar-refractivity contribution >= 4 is 33.3 Å². The Labute approximate surface area is 131 Å². The molecule has 0 saturated heterocycles. The van der Waals surface area contributed by atoms with Gasteiger partial charge in [-0.25, -0.2) is 9.97 Å². The summed E-state index contributed by atoms with van der Waals surface area (Å²) in [6, 6.07) is 5.42. The lowest BCUT2D eigenvalue weighted by molar-refractivity contribution is 0.415. The van der Waals surface area contributed by atoms with Gasteiger partial charge in [-0.2, -0.15) is 0 Å². The summed E-state index contributed by atoms with van der Waals surface area (Å²) >= 11 is 9.56. The second kappa shape index (κ2) is 5.97. The molecule has 0 bridgehead atoms. The number of aromatic nitrogens is 2. The molecule has 0 spiro atoms. The van der Waals surface area contributed by atoms with Crippen molar-refractivity contribution in [1.82, 2.24) is 9.97 Å². The van der Waals surface area contributed by atoms with E-state index >= 15 is 0 Å². The Kier molecular flexibility index (Phi) is 4.50. The van der Waals surface area contributed by atoms with E-state index in [0.717, 1.165) is 15.7 Å². The molecular weight excluding hydrogens is 342 g/mol. The highest BCUT2D eigenvalue weighted by Gasteiger charge is 2.15. The highest BCUT2D eigenvalue weighted by atomic mass is 79.9. The number of benzene rings is 1. The summed E-state index contributed by atoms with van der Waals surface area (Å²) in [4.78, 5) is 8.86. The summed E-state index contributed by atoms with van der Waals surface area (Å²) in [7, 11) is 1.58. The van der Waals surface area contributed by atoms with Gasteiger partial charge in [0.2, 0.25) is 0 Å². The van der Waals surface area contributed by atoms with Crippen LogP contribution in [-0.4, -0.2) is 17.1 Å². The van der Waals surface area contributed by atoms with Gasteiger partial charge in [-0.15, -0.1) is 0 Å². The van der Waals surface area contributed by atoms with E-state index in [1.165, 1.54) is 0 Å². The maximum atomic E-state index is 6.13. The summed E-state index contributed by atoms with van der Waals surface area (Å²) in [6.07, 6.45) is 0. The van der Waals surface area contributed by atoms with E-state index in [9.17, 15) is 0 Å². The zero-order valence-electron chi connectivity index (χ0n) is 11.4. The smallest absolute Gasteiger partial charge is 0.161 e. The molecular formula is C14H15BrClN3O. The third-order valence-corrected chi connectivity index (χ3v) is 3.97. The minimum Gasteiger partial charge on any atom is -0.495 e. The monoisotopic (exact) mass is 355 g/mol. The van der Waals surface area contributed by atoms with Gasteiger partial charge in [-0.1, -0.05) is 25.4 Å². The van der Waals surface area contributed by atoms with E-state index in [4.69, 9.17) is 22.1 Å². The molecule has 0 fully saturated rings. The number of hydrogen-bond donors (Lipinski definition) is 1. The van der Waals surface area contributed by atoms with Crippen molar-refractivity contribution in [2.24, 2.45) is 0 Å². The quantitative estimate of drug-likeness (QED) is 0.892. The number of methoxy groups -OCH3 is 1. The van der Waals surface area contributed by atoms with Crippen molar-refractivity contribution in [2.45, 2.75) is 19.8 Å². The molecule has 1 aromatic heterocycles. The molecule has 0 saturated carbocycles. The summed E-state index contributed by atoms with van der Waals surface area (Å²) < 4.78 is 5.88. The minimum absolute atomic E-state index is 0.238. The molecule has 2 N–H and O–H groups in total. The molecule has 106 valence electrons. The summed E-state index contributed by atoms with van der Waals surface area (Å²) in [5.41, 5.74) is 7.61. The lowest BCUT2D eigenvalue weighted by atomic mass is 10.1. The fourth-order valence-corrected chi connectivity index (χ4v) is 2.69. The Morgan fingerprint density at radius 3 is 2.55 bits per heavy atom. The molecule has 0 aliphatic carbocycles. The normalized spacial score (nSPS) is 10.9. The highest BCUT2D eigenvalue weighted by molar-refractivity contribution is 9.10. The number of nitrogen functional groups attached to an aromatic ring is 1. The summed E-state index contributed by atoms with van der Waals surface area (Å²) in [6.45, 7) is 4.11. The summed E-state index contributed by atoms with van der Waals surface area (Å²) in [5.74, 6) is 1.83. The molecule has 2 rings (SSSR count). The molecule has 6 heteroatoms. The highest BCUT2D eigenvalue weighted by Crippen LogP contribution is 2.32. The minimum atomic E-state index is 0.238. The van der Waals surface area contributed by atoms with Crippen LogP contribution in [0.15, 0.2) is 22.7 Å². The topological polar surface area (TPSA) is 61.0 Å². The fraction of sp³-hybridized carbons (Fsp3) is 0.286. The molecule has 0 amide bonds. The van der Waals surface area contributed by atoms with Crippen LogP contribution in [0.25, 0.3) is 11.4 Å². The van der Waals surface area contributed by atoms with Gasteiger partial charge in [0.25, 0.3) is 0 Å². The van der Waals surface area contributed by atoms with Gasteiger partial charge in [-0.3, -0.25) is 0 Å². The van der Waals surface area contributed by atoms with E-state index in [1.54, 1.807) is 19.2 Å². The summed E-state index contributed by atoms with van der Waals surface area (Å²) in [5, 5.41) is 0.515. The van der Waals surface area contributed by atoms with E-state index in [0.29, 0.717) is 22.4 Å². The number of hydrogen-bond acceptors (Lipinski definition) is 4. The van der Waals surface area contributed by atoms with Gasteiger partial charge in [0.1, 0.15) is 11.6 Å². The molecule has 2 aromatic rings. The van der Waals surface area contributed by atoms with Crippen LogP contribution in [0, 0.1) is 0 Å². The van der Waals surface area contributed by atoms with Gasteiger partial charge in [0.15, 0.2) is 5.82 Å². The number of rotatable bonds is 3. The third-order valence-electron chi connectivity index (χ3n) is 2.86. The van der Waals surface area contributed by atoms with Crippen molar-refractivity contribution in [3.8, 4) is 17.1 Å². The third kappa shape index (κ3) is 2.88. The molecule has 20 heavy (non-hydrogen) atoms. The van der Waals surface area contributed by atoms with Crippen LogP contribution in [0.1, 0.15) is 25.5 Å². The predicted octanol–water partition coefficient (Wildman–Crippen LogP) is 4.27. The largest absolute Gasteiger partial charge is 0.495 e. The Bertz CT molecular complexity index is 647. The Morgan fingerprint density at radius 1 is 1.30 bits per heavy atom. The number of nitrogens with two attached hydrogens (primary N) is 1. The standard InChI is InChI=1S/C14H15BrClN3O/c1-7(2)12-11(15)13(17)19-14(18-12)8-4-5-10(20-3)9(16)6-8/h4-7H,1-3H3,(H2,17,18,19). The van der Waals surface area contributed by atoms with Gasteiger partial charge in [-0.05, 0) is 40.0 Å². The average Bonchev–Trinajstić information content (AvgIpc) is 2.41. The molecule has 1 heterocycles. The number of nitrogens with zero attached hydrogens (tertiary/aromatic N) is 2. The SMILES string of the molecule is COc1ccc(-c2nc(N)c(Br)c(C(C)C)n2)cc1Cl.